The highest BCUT2D eigenvalue weighted by Crippen LogP contribution is 1.99. The minimum absolute atomic E-state index is 0.526. The summed E-state index contributed by atoms with van der Waals surface area (Å²) in [5, 5.41) is 7.18. The van der Waals surface area contributed by atoms with Crippen LogP contribution in [0, 0.1) is 0 Å². The molecule has 0 aromatic heterocycles. The van der Waals surface area contributed by atoms with Crippen LogP contribution in [0.25, 0.3) is 0 Å². The van der Waals surface area contributed by atoms with Crippen molar-refractivity contribution >= 4 is 26.4 Å². The molecule has 1 rings (SSSR count). The van der Waals surface area contributed by atoms with Gasteiger partial charge < -0.3 is 0 Å². The second kappa shape index (κ2) is 1.63. The Kier molecular flexibility index (Phi) is 1.13. The van der Waals surface area contributed by atoms with Gasteiger partial charge in [0.15, 0.2) is 6.67 Å². The molecule has 0 atom stereocenters. The van der Waals surface area contributed by atoms with Gasteiger partial charge in [0.2, 0.25) is 3.84 Å². The summed E-state index contributed by atoms with van der Waals surface area (Å²) in [5.41, 5.74) is 0. The van der Waals surface area contributed by atoms with Crippen LogP contribution in [-0.2, 0) is 0 Å². The third-order valence-electron chi connectivity index (χ3n) is 0.418. The lowest BCUT2D eigenvalue weighted by Crippen LogP contribution is -1.65. The Hall–Kier alpha value is -0.0000000000000000555. The summed E-state index contributed by atoms with van der Waals surface area (Å²) in [4.78, 5) is 3.81. The van der Waals surface area contributed by atoms with Gasteiger partial charge in [-0.2, -0.15) is 5.11 Å². The van der Waals surface area contributed by atoms with E-state index in [1.54, 1.807) is 0 Å². The molecular weight excluding hydrogens is 193 g/mol. The second-order valence-electron chi connectivity index (χ2n) is 0.810. The van der Waals surface area contributed by atoms with E-state index in [0.717, 1.165) is 3.84 Å². The van der Waals surface area contributed by atoms with E-state index in [4.69, 9.17) is 0 Å². The van der Waals surface area contributed by atoms with E-state index in [9.17, 15) is 0 Å². The molecule has 0 radical (unpaired) electrons. The molecule has 0 aliphatic carbocycles. The summed E-state index contributed by atoms with van der Waals surface area (Å²) in [7, 11) is 0. The third-order valence-corrected chi connectivity index (χ3v) is 0.975. The molecular formula is C2H2IN3. The quantitative estimate of drug-likeness (QED) is 0.411. The van der Waals surface area contributed by atoms with Crippen LogP contribution >= 0.6 is 22.6 Å². The van der Waals surface area contributed by atoms with Gasteiger partial charge in [0.05, 0.1) is 0 Å². The Balaban J connectivity index is 2.68. The van der Waals surface area contributed by atoms with E-state index in [1.807, 2.05) is 22.6 Å². The number of halogens is 1. The van der Waals surface area contributed by atoms with Crippen molar-refractivity contribution in [2.75, 3.05) is 6.67 Å². The number of hydrogen-bond acceptors (Lipinski definition) is 3. The molecule has 0 saturated heterocycles. The van der Waals surface area contributed by atoms with Gasteiger partial charge in [0, 0.05) is 22.6 Å². The highest BCUT2D eigenvalue weighted by atomic mass is 127. The van der Waals surface area contributed by atoms with Crippen molar-refractivity contribution in [3.05, 3.63) is 0 Å². The van der Waals surface area contributed by atoms with E-state index in [1.165, 1.54) is 0 Å². The molecule has 1 heterocycles. The molecule has 0 bridgehead atoms. The fourth-order valence-corrected chi connectivity index (χ4v) is 0.517. The van der Waals surface area contributed by atoms with Gasteiger partial charge in [-0.05, 0) is 0 Å². The van der Waals surface area contributed by atoms with Gasteiger partial charge in [0.1, 0.15) is 0 Å². The largest absolute Gasteiger partial charge is 0.234 e. The molecule has 0 amide bonds. The first-order valence-electron chi connectivity index (χ1n) is 1.47. The first-order valence-corrected chi connectivity index (χ1v) is 2.55. The highest BCUT2D eigenvalue weighted by molar-refractivity contribution is 14.1. The zero-order chi connectivity index (χ0) is 4.41. The van der Waals surface area contributed by atoms with Gasteiger partial charge in [0.25, 0.3) is 0 Å². The van der Waals surface area contributed by atoms with Gasteiger partial charge in [-0.1, -0.05) is 0 Å². The average Bonchev–Trinajstić information content (AvgIpc) is 1.86. The van der Waals surface area contributed by atoms with Crippen LogP contribution in [-0.4, -0.2) is 10.5 Å². The van der Waals surface area contributed by atoms with Crippen molar-refractivity contribution < 1.29 is 0 Å². The predicted octanol–water partition coefficient (Wildman–Crippen LogP) is 1.20. The lowest BCUT2D eigenvalue weighted by molar-refractivity contribution is 1.05. The predicted molar refractivity (Wildman–Crippen MR) is 31.2 cm³/mol. The van der Waals surface area contributed by atoms with Crippen molar-refractivity contribution in [1.82, 2.24) is 0 Å². The standard InChI is InChI=1S/C2H2IN3/c3-2-4-1-5-6-2/h1H2. The van der Waals surface area contributed by atoms with Gasteiger partial charge in [-0.15, -0.1) is 5.11 Å². The molecule has 0 aromatic rings. The molecule has 0 fully saturated rings. The smallest absolute Gasteiger partial charge is 0.209 e. The number of amidine groups is 1. The van der Waals surface area contributed by atoms with Crippen LogP contribution in [0.5, 0.6) is 0 Å². The van der Waals surface area contributed by atoms with Crippen LogP contribution in [0.15, 0.2) is 15.2 Å². The highest BCUT2D eigenvalue weighted by Gasteiger charge is 1.90. The SMILES string of the molecule is IC1=NCN=N1. The maximum atomic E-state index is 3.81. The van der Waals surface area contributed by atoms with E-state index < -0.39 is 0 Å². The molecule has 0 N–H and O–H groups in total. The molecule has 0 aromatic carbocycles. The molecule has 1 aliphatic heterocycles. The zero-order valence-electron chi connectivity index (χ0n) is 2.93. The molecule has 0 spiro atoms. The molecule has 4 heteroatoms. The van der Waals surface area contributed by atoms with Crippen molar-refractivity contribution in [1.29, 1.82) is 0 Å². The number of azo groups is 1. The van der Waals surface area contributed by atoms with E-state index >= 15 is 0 Å². The third kappa shape index (κ3) is 0.735. The average molecular weight is 195 g/mol. The van der Waals surface area contributed by atoms with E-state index in [0.29, 0.717) is 6.67 Å². The summed E-state index contributed by atoms with van der Waals surface area (Å²) in [6.07, 6.45) is 0. The Morgan fingerprint density at radius 2 is 2.50 bits per heavy atom. The van der Waals surface area contributed by atoms with Crippen molar-refractivity contribution in [3.8, 4) is 0 Å². The fourth-order valence-electron chi connectivity index (χ4n) is 0.212. The molecule has 6 heavy (non-hydrogen) atoms. The summed E-state index contributed by atoms with van der Waals surface area (Å²) in [6.45, 7) is 0.526. The van der Waals surface area contributed by atoms with Gasteiger partial charge in [-0.25, -0.2) is 4.99 Å². The Morgan fingerprint density at radius 3 is 2.67 bits per heavy atom. The first-order chi connectivity index (χ1) is 2.89. The van der Waals surface area contributed by atoms with Crippen LogP contribution in [0.1, 0.15) is 0 Å². The first kappa shape index (κ1) is 4.17. The summed E-state index contributed by atoms with van der Waals surface area (Å²) < 4.78 is 0.757. The lowest BCUT2D eigenvalue weighted by atomic mass is 11.2. The molecule has 3 nitrogen and oxygen atoms in total. The molecule has 0 saturated carbocycles. The number of aliphatic imine (C=N–C) groups is 1. The van der Waals surface area contributed by atoms with E-state index in [2.05, 4.69) is 15.2 Å². The lowest BCUT2D eigenvalue weighted by Gasteiger charge is -1.64. The van der Waals surface area contributed by atoms with Gasteiger partial charge >= 0.3 is 0 Å². The molecule has 1 aliphatic rings. The number of hydrogen-bond donors (Lipinski definition) is 0. The normalized spacial score (nSPS) is 18.5. The van der Waals surface area contributed by atoms with E-state index in [-0.39, 0.29) is 0 Å². The van der Waals surface area contributed by atoms with Crippen molar-refractivity contribution in [2.45, 2.75) is 0 Å². The van der Waals surface area contributed by atoms with Gasteiger partial charge in [-0.3, -0.25) is 0 Å². The van der Waals surface area contributed by atoms with Crippen LogP contribution in [0.4, 0.5) is 0 Å². The molecule has 0 unspecified atom stereocenters. The van der Waals surface area contributed by atoms with Crippen LogP contribution in [0.2, 0.25) is 0 Å². The zero-order valence-corrected chi connectivity index (χ0v) is 5.08. The van der Waals surface area contributed by atoms with Crippen molar-refractivity contribution in [2.24, 2.45) is 15.2 Å². The molecule has 32 valence electrons. The fraction of sp³-hybridized carbons (Fsp3) is 0.500. The second-order valence-corrected chi connectivity index (χ2v) is 1.77. The van der Waals surface area contributed by atoms with Crippen molar-refractivity contribution in [3.63, 3.8) is 0 Å². The number of rotatable bonds is 0. The van der Waals surface area contributed by atoms with Crippen LogP contribution in [0.3, 0.4) is 0 Å². The summed E-state index contributed by atoms with van der Waals surface area (Å²) in [5.74, 6) is 0. The maximum Gasteiger partial charge on any atom is 0.209 e. The summed E-state index contributed by atoms with van der Waals surface area (Å²) in [6, 6.07) is 0. The monoisotopic (exact) mass is 195 g/mol. The maximum absolute atomic E-state index is 3.81. The van der Waals surface area contributed by atoms with Crippen LogP contribution < -0.4 is 0 Å². The Morgan fingerprint density at radius 1 is 1.67 bits per heavy atom. The minimum atomic E-state index is 0.526. The summed E-state index contributed by atoms with van der Waals surface area (Å²) >= 11 is 2.02. The Bertz CT molecular complexity index is 103. The minimum Gasteiger partial charge on any atom is -0.234 e. The number of nitrogens with zero attached hydrogens (tertiary/aromatic N) is 3. The Labute approximate surface area is 48.7 Å². The topological polar surface area (TPSA) is 37.1 Å².